The highest BCUT2D eigenvalue weighted by Crippen LogP contribution is 2.26. The van der Waals surface area contributed by atoms with Crippen molar-refractivity contribution in [1.29, 1.82) is 5.26 Å². The number of nitrogens with zero attached hydrogens (tertiary/aromatic N) is 2. The van der Waals surface area contributed by atoms with E-state index in [2.05, 4.69) is 0 Å². The molecule has 0 atom stereocenters. The molecule has 0 unspecified atom stereocenters. The smallest absolute Gasteiger partial charge is 0.268 e. The predicted molar refractivity (Wildman–Crippen MR) is 68.2 cm³/mol. The predicted octanol–water partition coefficient (Wildman–Crippen LogP) is 1.94. The van der Waals surface area contributed by atoms with Crippen LogP contribution in [0.1, 0.15) is 11.1 Å². The summed E-state index contributed by atoms with van der Waals surface area (Å²) in [6.07, 6.45) is 1.70. The molecule has 4 nitrogen and oxygen atoms in total. The highest BCUT2D eigenvalue weighted by atomic mass is 16.3. The minimum Gasteiger partial charge on any atom is -0.508 e. The van der Waals surface area contributed by atoms with Crippen molar-refractivity contribution in [3.05, 3.63) is 51.9 Å². The van der Waals surface area contributed by atoms with Crippen LogP contribution in [0.25, 0.3) is 11.1 Å². The Kier molecular flexibility index (Phi) is 2.90. The summed E-state index contributed by atoms with van der Waals surface area (Å²) in [4.78, 5) is 11.9. The molecular formula is C14H12N2O2. The van der Waals surface area contributed by atoms with Gasteiger partial charge < -0.3 is 9.67 Å². The fourth-order valence-corrected chi connectivity index (χ4v) is 2.00. The first kappa shape index (κ1) is 11.9. The SMILES string of the molecule is Cc1cn(C)c(=O)c(C#N)c1-c1ccc(O)cc1. The molecule has 0 amide bonds. The Morgan fingerprint density at radius 1 is 1.28 bits per heavy atom. The van der Waals surface area contributed by atoms with Crippen molar-refractivity contribution in [2.75, 3.05) is 0 Å². The molecule has 0 fully saturated rings. The molecule has 0 aliphatic heterocycles. The van der Waals surface area contributed by atoms with Gasteiger partial charge in [-0.3, -0.25) is 4.79 Å². The highest BCUT2D eigenvalue weighted by molar-refractivity contribution is 5.73. The van der Waals surface area contributed by atoms with E-state index in [1.165, 1.54) is 16.7 Å². The molecule has 18 heavy (non-hydrogen) atoms. The van der Waals surface area contributed by atoms with Crippen molar-refractivity contribution >= 4 is 0 Å². The van der Waals surface area contributed by atoms with Crippen LogP contribution in [-0.4, -0.2) is 9.67 Å². The summed E-state index contributed by atoms with van der Waals surface area (Å²) < 4.78 is 1.40. The molecule has 2 rings (SSSR count). The van der Waals surface area contributed by atoms with E-state index < -0.39 is 0 Å². The maximum Gasteiger partial charge on any atom is 0.268 e. The summed E-state index contributed by atoms with van der Waals surface area (Å²) >= 11 is 0. The second-order valence-electron chi connectivity index (χ2n) is 4.14. The summed E-state index contributed by atoms with van der Waals surface area (Å²) in [5, 5.41) is 18.4. The van der Waals surface area contributed by atoms with Crippen molar-refractivity contribution < 1.29 is 5.11 Å². The van der Waals surface area contributed by atoms with Gasteiger partial charge in [-0.05, 0) is 30.2 Å². The number of aromatic nitrogens is 1. The number of aromatic hydroxyl groups is 1. The van der Waals surface area contributed by atoms with Crippen LogP contribution in [-0.2, 0) is 7.05 Å². The van der Waals surface area contributed by atoms with Crippen LogP contribution >= 0.6 is 0 Å². The number of aryl methyl sites for hydroxylation is 2. The summed E-state index contributed by atoms with van der Waals surface area (Å²) in [5.41, 5.74) is 2.04. The van der Waals surface area contributed by atoms with Crippen molar-refractivity contribution in [2.45, 2.75) is 6.92 Å². The number of benzene rings is 1. The van der Waals surface area contributed by atoms with E-state index in [9.17, 15) is 9.90 Å². The molecule has 0 saturated carbocycles. The Hall–Kier alpha value is -2.54. The van der Waals surface area contributed by atoms with E-state index in [4.69, 9.17) is 5.26 Å². The fraction of sp³-hybridized carbons (Fsp3) is 0.143. The first-order valence-electron chi connectivity index (χ1n) is 5.44. The summed E-state index contributed by atoms with van der Waals surface area (Å²) in [7, 11) is 1.62. The lowest BCUT2D eigenvalue weighted by atomic mass is 9.97. The maximum atomic E-state index is 11.9. The van der Waals surface area contributed by atoms with Gasteiger partial charge in [-0.2, -0.15) is 5.26 Å². The molecule has 0 aliphatic rings. The van der Waals surface area contributed by atoms with Gasteiger partial charge in [0.25, 0.3) is 5.56 Å². The molecule has 1 heterocycles. The second-order valence-corrected chi connectivity index (χ2v) is 4.14. The minimum absolute atomic E-state index is 0.128. The molecule has 0 spiro atoms. The van der Waals surface area contributed by atoms with Gasteiger partial charge in [0.1, 0.15) is 17.4 Å². The third kappa shape index (κ3) is 1.87. The van der Waals surface area contributed by atoms with Crippen LogP contribution in [0.5, 0.6) is 5.75 Å². The third-order valence-electron chi connectivity index (χ3n) is 2.83. The minimum atomic E-state index is -0.314. The van der Waals surface area contributed by atoms with Crippen molar-refractivity contribution in [3.8, 4) is 22.9 Å². The van der Waals surface area contributed by atoms with Gasteiger partial charge in [0.05, 0.1) is 0 Å². The third-order valence-corrected chi connectivity index (χ3v) is 2.83. The van der Waals surface area contributed by atoms with Gasteiger partial charge in [-0.15, -0.1) is 0 Å². The van der Waals surface area contributed by atoms with Crippen LogP contribution < -0.4 is 5.56 Å². The summed E-state index contributed by atoms with van der Waals surface area (Å²) in [6, 6.07) is 8.42. The number of nitriles is 1. The number of phenols is 1. The largest absolute Gasteiger partial charge is 0.508 e. The highest BCUT2D eigenvalue weighted by Gasteiger charge is 2.13. The standard InChI is InChI=1S/C14H12N2O2/c1-9-8-16(2)14(18)12(7-15)13(9)10-3-5-11(17)6-4-10/h3-6,8,17H,1-2H3. The Morgan fingerprint density at radius 2 is 1.89 bits per heavy atom. The van der Waals surface area contributed by atoms with E-state index in [0.717, 1.165) is 11.1 Å². The van der Waals surface area contributed by atoms with Crippen LogP contribution in [0.2, 0.25) is 0 Å². The maximum absolute atomic E-state index is 11.9. The Labute approximate surface area is 104 Å². The molecule has 1 aromatic carbocycles. The van der Waals surface area contributed by atoms with Gasteiger partial charge in [-0.1, -0.05) is 12.1 Å². The van der Waals surface area contributed by atoms with E-state index in [1.807, 2.05) is 13.0 Å². The lowest BCUT2D eigenvalue weighted by Crippen LogP contribution is -2.20. The van der Waals surface area contributed by atoms with Gasteiger partial charge in [0.2, 0.25) is 0 Å². The molecule has 0 saturated heterocycles. The zero-order chi connectivity index (χ0) is 13.3. The zero-order valence-electron chi connectivity index (χ0n) is 10.1. The molecule has 90 valence electrons. The van der Waals surface area contributed by atoms with Crippen LogP contribution in [0, 0.1) is 18.3 Å². The molecule has 2 aromatic rings. The van der Waals surface area contributed by atoms with Gasteiger partial charge in [0.15, 0.2) is 0 Å². The van der Waals surface area contributed by atoms with Gasteiger partial charge in [0, 0.05) is 18.8 Å². The number of hydrogen-bond donors (Lipinski definition) is 1. The average Bonchev–Trinajstić information content (AvgIpc) is 2.35. The van der Waals surface area contributed by atoms with Crippen LogP contribution in [0.3, 0.4) is 0 Å². The second kappa shape index (κ2) is 4.38. The first-order chi connectivity index (χ1) is 8.54. The summed E-state index contributed by atoms with van der Waals surface area (Å²) in [5.74, 6) is 0.152. The first-order valence-corrected chi connectivity index (χ1v) is 5.44. The topological polar surface area (TPSA) is 66.0 Å². The quantitative estimate of drug-likeness (QED) is 0.828. The van der Waals surface area contributed by atoms with Gasteiger partial charge >= 0.3 is 0 Å². The average molecular weight is 240 g/mol. The van der Waals surface area contributed by atoms with E-state index in [1.54, 1.807) is 25.4 Å². The summed E-state index contributed by atoms with van der Waals surface area (Å²) in [6.45, 7) is 1.85. The molecular weight excluding hydrogens is 228 g/mol. The van der Waals surface area contributed by atoms with Crippen LogP contribution in [0.15, 0.2) is 35.3 Å². The number of pyridine rings is 1. The normalized spacial score (nSPS) is 10.1. The van der Waals surface area contributed by atoms with Crippen molar-refractivity contribution in [2.24, 2.45) is 7.05 Å². The monoisotopic (exact) mass is 240 g/mol. The number of rotatable bonds is 1. The Morgan fingerprint density at radius 3 is 2.44 bits per heavy atom. The lowest BCUT2D eigenvalue weighted by molar-refractivity contribution is 0.475. The fourth-order valence-electron chi connectivity index (χ4n) is 2.00. The Bertz CT molecular complexity index is 691. The zero-order valence-corrected chi connectivity index (χ0v) is 10.1. The number of phenolic OH excluding ortho intramolecular Hbond substituents is 1. The lowest BCUT2D eigenvalue weighted by Gasteiger charge is -2.10. The van der Waals surface area contributed by atoms with Crippen molar-refractivity contribution in [1.82, 2.24) is 4.57 Å². The molecule has 0 aliphatic carbocycles. The molecule has 1 aromatic heterocycles. The Balaban J connectivity index is 2.79. The molecule has 0 bridgehead atoms. The van der Waals surface area contributed by atoms with E-state index in [-0.39, 0.29) is 16.9 Å². The van der Waals surface area contributed by atoms with Crippen molar-refractivity contribution in [3.63, 3.8) is 0 Å². The van der Waals surface area contributed by atoms with E-state index >= 15 is 0 Å². The van der Waals surface area contributed by atoms with Crippen LogP contribution in [0.4, 0.5) is 0 Å². The van der Waals surface area contributed by atoms with E-state index in [0.29, 0.717) is 5.56 Å². The number of hydrogen-bond acceptors (Lipinski definition) is 3. The molecule has 0 radical (unpaired) electrons. The van der Waals surface area contributed by atoms with Gasteiger partial charge in [-0.25, -0.2) is 0 Å². The molecule has 1 N–H and O–H groups in total. The molecule has 4 heteroatoms.